The minimum absolute atomic E-state index is 0.0115. The number of aromatic carboxylic acids is 1. The van der Waals surface area contributed by atoms with Crippen molar-refractivity contribution in [1.29, 1.82) is 0 Å². The van der Waals surface area contributed by atoms with Crippen molar-refractivity contribution in [3.05, 3.63) is 38.7 Å². The highest BCUT2D eigenvalue weighted by atomic mass is 32.1. The first kappa shape index (κ1) is 15.2. The van der Waals surface area contributed by atoms with E-state index in [4.69, 9.17) is 9.52 Å². The van der Waals surface area contributed by atoms with Gasteiger partial charge in [-0.1, -0.05) is 0 Å². The van der Waals surface area contributed by atoms with E-state index in [1.54, 1.807) is 13.8 Å². The van der Waals surface area contributed by atoms with E-state index in [1.807, 2.05) is 13.8 Å². The van der Waals surface area contributed by atoms with Crippen LogP contribution >= 0.6 is 11.3 Å². The summed E-state index contributed by atoms with van der Waals surface area (Å²) in [5, 5.41) is 13.7. The fraction of sp³-hybridized carbons (Fsp3) is 0.357. The standard InChI is InChI=1S/C14H16N2O4S/c1-6-8(3)20-9(4)11(6)12(17)15-7(2)13-16-10(5-21-13)14(18)19/h5,7H,1-4H3,(H,15,17)(H,18,19). The third kappa shape index (κ3) is 2.97. The smallest absolute Gasteiger partial charge is 0.355 e. The molecule has 1 amide bonds. The van der Waals surface area contributed by atoms with Gasteiger partial charge in [-0.25, -0.2) is 9.78 Å². The van der Waals surface area contributed by atoms with Gasteiger partial charge in [-0.3, -0.25) is 4.79 Å². The zero-order chi connectivity index (χ0) is 15.7. The molecule has 1 unspecified atom stereocenters. The average molecular weight is 308 g/mol. The monoisotopic (exact) mass is 308 g/mol. The van der Waals surface area contributed by atoms with Gasteiger partial charge in [0.05, 0.1) is 11.6 Å². The quantitative estimate of drug-likeness (QED) is 0.906. The van der Waals surface area contributed by atoms with Crippen LogP contribution in [-0.2, 0) is 0 Å². The van der Waals surface area contributed by atoms with Crippen LogP contribution < -0.4 is 5.32 Å². The minimum Gasteiger partial charge on any atom is -0.476 e. The maximum atomic E-state index is 12.3. The second-order valence-electron chi connectivity index (χ2n) is 4.79. The molecular formula is C14H16N2O4S. The summed E-state index contributed by atoms with van der Waals surface area (Å²) in [6, 6.07) is -0.371. The molecule has 2 heterocycles. The summed E-state index contributed by atoms with van der Waals surface area (Å²) in [5.74, 6) is -0.0395. The Labute approximate surface area is 125 Å². The van der Waals surface area contributed by atoms with Crippen molar-refractivity contribution in [2.24, 2.45) is 0 Å². The number of furan rings is 1. The Morgan fingerprint density at radius 2 is 2.00 bits per heavy atom. The van der Waals surface area contributed by atoms with Crippen LogP contribution in [0.15, 0.2) is 9.80 Å². The van der Waals surface area contributed by atoms with Crippen LogP contribution in [0.25, 0.3) is 0 Å². The molecule has 0 aliphatic rings. The van der Waals surface area contributed by atoms with E-state index >= 15 is 0 Å². The van der Waals surface area contributed by atoms with Gasteiger partial charge in [0.1, 0.15) is 16.5 Å². The number of amides is 1. The topological polar surface area (TPSA) is 92.4 Å². The molecule has 21 heavy (non-hydrogen) atoms. The van der Waals surface area contributed by atoms with Gasteiger partial charge in [0.25, 0.3) is 5.91 Å². The normalized spacial score (nSPS) is 12.2. The summed E-state index contributed by atoms with van der Waals surface area (Å²) in [6.07, 6.45) is 0. The van der Waals surface area contributed by atoms with E-state index in [2.05, 4.69) is 10.3 Å². The van der Waals surface area contributed by atoms with E-state index in [1.165, 1.54) is 16.7 Å². The molecule has 2 rings (SSSR count). The Morgan fingerprint density at radius 3 is 2.48 bits per heavy atom. The lowest BCUT2D eigenvalue weighted by Gasteiger charge is -2.11. The number of rotatable bonds is 4. The molecule has 0 fully saturated rings. The molecule has 112 valence electrons. The number of aryl methyl sites for hydroxylation is 2. The lowest BCUT2D eigenvalue weighted by molar-refractivity contribution is 0.0691. The van der Waals surface area contributed by atoms with Crippen LogP contribution in [-0.4, -0.2) is 22.0 Å². The Morgan fingerprint density at radius 1 is 1.33 bits per heavy atom. The molecule has 7 heteroatoms. The van der Waals surface area contributed by atoms with Gasteiger partial charge in [-0.15, -0.1) is 11.3 Å². The lowest BCUT2D eigenvalue weighted by Crippen LogP contribution is -2.27. The maximum absolute atomic E-state index is 12.3. The molecule has 0 aromatic carbocycles. The number of hydrogen-bond acceptors (Lipinski definition) is 5. The summed E-state index contributed by atoms with van der Waals surface area (Å²) in [7, 11) is 0. The van der Waals surface area contributed by atoms with Crippen LogP contribution in [0.1, 0.15) is 55.9 Å². The molecule has 0 spiro atoms. The number of thiazole rings is 1. The van der Waals surface area contributed by atoms with Gasteiger partial charge in [0.2, 0.25) is 0 Å². The van der Waals surface area contributed by atoms with Gasteiger partial charge in [-0.2, -0.15) is 0 Å². The first-order valence-electron chi connectivity index (χ1n) is 6.37. The summed E-state index contributed by atoms with van der Waals surface area (Å²) in [5.41, 5.74) is 1.32. The van der Waals surface area contributed by atoms with Crippen molar-refractivity contribution in [3.8, 4) is 0 Å². The number of carbonyl (C=O) groups excluding carboxylic acids is 1. The number of carboxylic acids is 1. The number of carbonyl (C=O) groups is 2. The second kappa shape index (κ2) is 5.69. The third-order valence-corrected chi connectivity index (χ3v) is 4.27. The molecule has 0 saturated carbocycles. The summed E-state index contributed by atoms with van der Waals surface area (Å²) in [4.78, 5) is 27.1. The van der Waals surface area contributed by atoms with Crippen LogP contribution in [0, 0.1) is 20.8 Å². The van der Waals surface area contributed by atoms with Gasteiger partial charge in [0.15, 0.2) is 5.69 Å². The predicted octanol–water partition coefficient (Wildman–Crippen LogP) is 2.85. The lowest BCUT2D eigenvalue weighted by atomic mass is 10.1. The van der Waals surface area contributed by atoms with Gasteiger partial charge in [-0.05, 0) is 27.7 Å². The molecule has 2 aromatic heterocycles. The summed E-state index contributed by atoms with van der Waals surface area (Å²) >= 11 is 1.21. The minimum atomic E-state index is -1.08. The van der Waals surface area contributed by atoms with Gasteiger partial charge < -0.3 is 14.8 Å². The van der Waals surface area contributed by atoms with E-state index in [-0.39, 0.29) is 17.6 Å². The molecule has 1 atom stereocenters. The zero-order valence-electron chi connectivity index (χ0n) is 12.2. The number of aromatic nitrogens is 1. The van der Waals surface area contributed by atoms with Crippen molar-refractivity contribution < 1.29 is 19.1 Å². The van der Waals surface area contributed by atoms with Crippen molar-refractivity contribution >= 4 is 23.2 Å². The summed E-state index contributed by atoms with van der Waals surface area (Å²) in [6.45, 7) is 7.14. The molecule has 0 aliphatic heterocycles. The fourth-order valence-electron chi connectivity index (χ4n) is 2.04. The highest BCUT2D eigenvalue weighted by molar-refractivity contribution is 7.09. The number of carboxylic acid groups (broad SMARTS) is 1. The SMILES string of the molecule is Cc1oc(C)c(C(=O)NC(C)c2nc(C(=O)O)cs2)c1C. The summed E-state index contributed by atoms with van der Waals surface area (Å²) < 4.78 is 5.44. The van der Waals surface area contributed by atoms with Crippen molar-refractivity contribution in [3.63, 3.8) is 0 Å². The van der Waals surface area contributed by atoms with E-state index < -0.39 is 5.97 Å². The molecular weight excluding hydrogens is 292 g/mol. The fourth-order valence-corrected chi connectivity index (χ4v) is 2.84. The van der Waals surface area contributed by atoms with Crippen LogP contribution in [0.5, 0.6) is 0 Å². The first-order chi connectivity index (χ1) is 9.81. The molecule has 0 radical (unpaired) electrons. The zero-order valence-corrected chi connectivity index (χ0v) is 13.0. The van der Waals surface area contributed by atoms with Crippen molar-refractivity contribution in [1.82, 2.24) is 10.3 Å². The Kier molecular flexibility index (Phi) is 4.13. The average Bonchev–Trinajstić information content (AvgIpc) is 2.96. The molecule has 0 bridgehead atoms. The number of hydrogen-bond donors (Lipinski definition) is 2. The Hall–Kier alpha value is -2.15. The van der Waals surface area contributed by atoms with Crippen LogP contribution in [0.4, 0.5) is 0 Å². The molecule has 0 aliphatic carbocycles. The molecule has 2 N–H and O–H groups in total. The van der Waals surface area contributed by atoms with Gasteiger partial charge in [0, 0.05) is 10.9 Å². The van der Waals surface area contributed by atoms with E-state index in [0.717, 1.165) is 5.56 Å². The molecule has 0 saturated heterocycles. The van der Waals surface area contributed by atoms with Crippen molar-refractivity contribution in [2.75, 3.05) is 0 Å². The molecule has 2 aromatic rings. The molecule has 6 nitrogen and oxygen atoms in total. The van der Waals surface area contributed by atoms with Crippen molar-refractivity contribution in [2.45, 2.75) is 33.7 Å². The predicted molar refractivity (Wildman–Crippen MR) is 77.9 cm³/mol. The van der Waals surface area contributed by atoms with Crippen LogP contribution in [0.3, 0.4) is 0 Å². The highest BCUT2D eigenvalue weighted by Gasteiger charge is 2.22. The Bertz CT molecular complexity index is 702. The van der Waals surface area contributed by atoms with E-state index in [0.29, 0.717) is 22.1 Å². The highest BCUT2D eigenvalue weighted by Crippen LogP contribution is 2.23. The number of nitrogens with one attached hydrogen (secondary N) is 1. The van der Waals surface area contributed by atoms with E-state index in [9.17, 15) is 9.59 Å². The Balaban J connectivity index is 2.16. The maximum Gasteiger partial charge on any atom is 0.355 e. The largest absolute Gasteiger partial charge is 0.476 e. The number of nitrogens with zero attached hydrogens (tertiary/aromatic N) is 1. The van der Waals surface area contributed by atoms with Gasteiger partial charge >= 0.3 is 5.97 Å². The second-order valence-corrected chi connectivity index (χ2v) is 5.68. The van der Waals surface area contributed by atoms with Crippen LogP contribution in [0.2, 0.25) is 0 Å². The third-order valence-electron chi connectivity index (χ3n) is 3.25. The first-order valence-corrected chi connectivity index (χ1v) is 7.25.